The molecule has 0 aromatic heterocycles. The Bertz CT molecular complexity index is 805. The molecule has 2 aromatic carbocycles. The van der Waals surface area contributed by atoms with Gasteiger partial charge in [-0.1, -0.05) is 18.2 Å². The Morgan fingerprint density at radius 1 is 1.17 bits per heavy atom. The normalized spacial score (nSPS) is 11.1. The van der Waals surface area contributed by atoms with E-state index in [1.165, 1.54) is 12.1 Å². The van der Waals surface area contributed by atoms with Gasteiger partial charge in [-0.25, -0.2) is 0 Å². The highest BCUT2D eigenvalue weighted by Gasteiger charge is 2.09. The minimum Gasteiger partial charge on any atom is -0.508 e. The van der Waals surface area contributed by atoms with Gasteiger partial charge in [0.05, 0.1) is 7.11 Å². The number of aromatic hydroxyl groups is 1. The smallest absolute Gasteiger partial charge is 0.387 e. The number of phenols is 1. The van der Waals surface area contributed by atoms with Crippen molar-refractivity contribution in [3.8, 4) is 17.2 Å². The van der Waals surface area contributed by atoms with E-state index in [2.05, 4.69) is 15.0 Å². The average molecular weight is 535 g/mol. The predicted octanol–water partition coefficient (Wildman–Crippen LogP) is 4.26. The zero-order chi connectivity index (χ0) is 21.2. The number of aliphatic imine (C=N–C) groups is 1. The molecule has 0 saturated carbocycles. The monoisotopic (exact) mass is 535 g/mol. The zero-order valence-electron chi connectivity index (χ0n) is 17.3. The molecule has 6 nitrogen and oxygen atoms in total. The first kappa shape index (κ1) is 25.7. The highest BCUT2D eigenvalue weighted by atomic mass is 127. The van der Waals surface area contributed by atoms with Gasteiger partial charge in [-0.15, -0.1) is 24.0 Å². The van der Waals surface area contributed by atoms with Gasteiger partial charge in [-0.2, -0.15) is 8.78 Å². The van der Waals surface area contributed by atoms with E-state index in [-0.39, 0.29) is 35.5 Å². The summed E-state index contributed by atoms with van der Waals surface area (Å²) >= 11 is 0. The van der Waals surface area contributed by atoms with Crippen LogP contribution in [0.3, 0.4) is 0 Å². The summed E-state index contributed by atoms with van der Waals surface area (Å²) < 4.78 is 34.0. The molecule has 0 spiro atoms. The molecule has 0 saturated heterocycles. The van der Waals surface area contributed by atoms with Gasteiger partial charge in [0.25, 0.3) is 0 Å². The first-order valence-corrected chi connectivity index (χ1v) is 9.32. The van der Waals surface area contributed by atoms with Crippen molar-refractivity contribution >= 4 is 29.9 Å². The molecule has 0 atom stereocenters. The average Bonchev–Trinajstić information content (AvgIpc) is 2.69. The van der Waals surface area contributed by atoms with E-state index < -0.39 is 6.61 Å². The molecule has 0 unspecified atom stereocenters. The van der Waals surface area contributed by atoms with Gasteiger partial charge < -0.3 is 24.8 Å². The van der Waals surface area contributed by atoms with Crippen molar-refractivity contribution in [1.82, 2.24) is 10.2 Å². The summed E-state index contributed by atoms with van der Waals surface area (Å²) in [7, 11) is 3.45. The molecule has 2 N–H and O–H groups in total. The lowest BCUT2D eigenvalue weighted by Crippen LogP contribution is -2.38. The fraction of sp³-hybridized carbons (Fsp3) is 0.381. The second kappa shape index (κ2) is 13.1. The number of halogens is 3. The lowest BCUT2D eigenvalue weighted by molar-refractivity contribution is -0.0498. The van der Waals surface area contributed by atoms with Gasteiger partial charge in [0.1, 0.15) is 17.2 Å². The number of phenolic OH excluding ortho intramolecular Hbond substituents is 1. The molecule has 2 rings (SSSR count). The minimum absolute atomic E-state index is 0. The van der Waals surface area contributed by atoms with E-state index in [1.807, 2.05) is 24.9 Å². The quantitative estimate of drug-likeness (QED) is 0.286. The van der Waals surface area contributed by atoms with Crippen LogP contribution in [-0.2, 0) is 13.0 Å². The molecule has 30 heavy (non-hydrogen) atoms. The molecule has 0 fully saturated rings. The number of nitrogens with zero attached hydrogens (tertiary/aromatic N) is 2. The van der Waals surface area contributed by atoms with Crippen molar-refractivity contribution in [2.75, 3.05) is 27.2 Å². The summed E-state index contributed by atoms with van der Waals surface area (Å²) in [5.74, 6) is 1.64. The van der Waals surface area contributed by atoms with Crippen LogP contribution in [0.1, 0.15) is 18.1 Å². The number of rotatable bonds is 9. The van der Waals surface area contributed by atoms with E-state index in [0.29, 0.717) is 37.8 Å². The number of alkyl halides is 2. The molecular formula is C21H28F2IN3O3. The van der Waals surface area contributed by atoms with Gasteiger partial charge in [-0.3, -0.25) is 4.99 Å². The predicted molar refractivity (Wildman–Crippen MR) is 124 cm³/mol. The first-order valence-electron chi connectivity index (χ1n) is 9.32. The molecular weight excluding hydrogens is 507 g/mol. The number of methoxy groups -OCH3 is 1. The summed E-state index contributed by atoms with van der Waals surface area (Å²) in [4.78, 5) is 6.56. The third-order valence-corrected chi connectivity index (χ3v) is 4.20. The van der Waals surface area contributed by atoms with E-state index in [1.54, 1.807) is 31.4 Å². The van der Waals surface area contributed by atoms with Crippen molar-refractivity contribution in [2.24, 2.45) is 4.99 Å². The number of guanidine groups is 1. The van der Waals surface area contributed by atoms with Crippen molar-refractivity contribution in [2.45, 2.75) is 26.5 Å². The van der Waals surface area contributed by atoms with Crippen LogP contribution < -0.4 is 14.8 Å². The molecule has 0 radical (unpaired) electrons. The van der Waals surface area contributed by atoms with Crippen LogP contribution in [0.2, 0.25) is 0 Å². The fourth-order valence-electron chi connectivity index (χ4n) is 2.76. The first-order chi connectivity index (χ1) is 13.9. The standard InChI is InChI=1S/C21H27F2N3O3.HI/c1-4-24-21(25-12-11-16-7-10-18(28-3)13-19(16)27)26(2)14-15-5-8-17(9-6-15)29-20(22)23;/h5-10,13,20,27H,4,11-12,14H2,1-3H3,(H,24,25);1H. The van der Waals surface area contributed by atoms with Crippen LogP contribution in [0.4, 0.5) is 8.78 Å². The van der Waals surface area contributed by atoms with Crippen molar-refractivity contribution in [3.05, 3.63) is 53.6 Å². The van der Waals surface area contributed by atoms with E-state index in [0.717, 1.165) is 11.1 Å². The molecule has 0 aliphatic rings. The Labute approximate surface area is 192 Å². The molecule has 166 valence electrons. The van der Waals surface area contributed by atoms with Gasteiger partial charge in [0, 0.05) is 32.7 Å². The summed E-state index contributed by atoms with van der Waals surface area (Å²) in [6, 6.07) is 11.7. The summed E-state index contributed by atoms with van der Waals surface area (Å²) in [6.45, 7) is 0.899. The Hall–Kier alpha value is -2.30. The maximum atomic E-state index is 12.2. The SMILES string of the molecule is CCNC(=NCCc1ccc(OC)cc1O)N(C)Cc1ccc(OC(F)F)cc1.I. The van der Waals surface area contributed by atoms with Crippen LogP contribution in [0.5, 0.6) is 17.2 Å². The Kier molecular flexibility index (Phi) is 11.2. The largest absolute Gasteiger partial charge is 0.508 e. The Morgan fingerprint density at radius 2 is 1.83 bits per heavy atom. The second-order valence-corrected chi connectivity index (χ2v) is 6.36. The van der Waals surface area contributed by atoms with E-state index in [9.17, 15) is 13.9 Å². The number of ether oxygens (including phenoxy) is 2. The molecule has 0 aliphatic carbocycles. The second-order valence-electron chi connectivity index (χ2n) is 6.36. The van der Waals surface area contributed by atoms with Gasteiger partial charge in [-0.05, 0) is 42.7 Å². The van der Waals surface area contributed by atoms with Crippen molar-refractivity contribution in [1.29, 1.82) is 0 Å². The van der Waals surface area contributed by atoms with E-state index in [4.69, 9.17) is 4.74 Å². The molecule has 2 aromatic rings. The third-order valence-electron chi connectivity index (χ3n) is 4.20. The van der Waals surface area contributed by atoms with Crippen LogP contribution >= 0.6 is 24.0 Å². The molecule has 0 aliphatic heterocycles. The highest BCUT2D eigenvalue weighted by Crippen LogP contribution is 2.23. The molecule has 9 heteroatoms. The van der Waals surface area contributed by atoms with Gasteiger partial charge >= 0.3 is 6.61 Å². The summed E-state index contributed by atoms with van der Waals surface area (Å²) in [6.07, 6.45) is 0.582. The van der Waals surface area contributed by atoms with Crippen LogP contribution in [0.15, 0.2) is 47.5 Å². The van der Waals surface area contributed by atoms with Crippen LogP contribution in [-0.4, -0.2) is 49.8 Å². The van der Waals surface area contributed by atoms with Crippen molar-refractivity contribution in [3.63, 3.8) is 0 Å². The zero-order valence-corrected chi connectivity index (χ0v) is 19.6. The third kappa shape index (κ3) is 8.21. The number of hydrogen-bond acceptors (Lipinski definition) is 4. The topological polar surface area (TPSA) is 66.3 Å². The van der Waals surface area contributed by atoms with Gasteiger partial charge in [0.2, 0.25) is 0 Å². The Balaban J connectivity index is 0.00000450. The van der Waals surface area contributed by atoms with Crippen LogP contribution in [0.25, 0.3) is 0 Å². The molecule has 0 amide bonds. The maximum Gasteiger partial charge on any atom is 0.387 e. The van der Waals surface area contributed by atoms with Crippen molar-refractivity contribution < 1.29 is 23.4 Å². The number of hydrogen-bond donors (Lipinski definition) is 2. The molecule has 0 bridgehead atoms. The fourth-order valence-corrected chi connectivity index (χ4v) is 2.76. The lowest BCUT2D eigenvalue weighted by atomic mass is 10.1. The lowest BCUT2D eigenvalue weighted by Gasteiger charge is -2.22. The number of nitrogens with one attached hydrogen (secondary N) is 1. The van der Waals surface area contributed by atoms with E-state index >= 15 is 0 Å². The van der Waals surface area contributed by atoms with Crippen LogP contribution in [0, 0.1) is 0 Å². The minimum atomic E-state index is -2.83. The highest BCUT2D eigenvalue weighted by molar-refractivity contribution is 14.0. The number of benzene rings is 2. The van der Waals surface area contributed by atoms with Gasteiger partial charge in [0.15, 0.2) is 5.96 Å². The maximum absolute atomic E-state index is 12.2. The summed E-state index contributed by atoms with van der Waals surface area (Å²) in [5.41, 5.74) is 1.73. The molecule has 0 heterocycles. The summed E-state index contributed by atoms with van der Waals surface area (Å²) in [5, 5.41) is 13.3. The Morgan fingerprint density at radius 3 is 2.40 bits per heavy atom.